The number of imidazole rings is 1. The Bertz CT molecular complexity index is 1400. The molecule has 2 N–H and O–H groups in total. The van der Waals surface area contributed by atoms with Crippen LogP contribution in [0.5, 0.6) is 0 Å². The van der Waals surface area contributed by atoms with Gasteiger partial charge in [0.1, 0.15) is 5.52 Å². The molecule has 9 heteroatoms. The van der Waals surface area contributed by atoms with E-state index < -0.39 is 5.82 Å². The third kappa shape index (κ3) is 3.69. The van der Waals surface area contributed by atoms with E-state index in [2.05, 4.69) is 25.6 Å². The summed E-state index contributed by atoms with van der Waals surface area (Å²) in [6.45, 7) is 3.73. The van der Waals surface area contributed by atoms with Crippen molar-refractivity contribution in [2.75, 3.05) is 23.3 Å². The Hall–Kier alpha value is -3.46. The Morgan fingerprint density at radius 2 is 2.00 bits per heavy atom. The highest BCUT2D eigenvalue weighted by molar-refractivity contribution is 6.13. The average molecular weight is 462 g/mol. The summed E-state index contributed by atoms with van der Waals surface area (Å²) in [5, 5.41) is 12.2. The number of hydrogen-bond acceptors (Lipinski definition) is 5. The Morgan fingerprint density at radius 1 is 1.15 bits per heavy atom. The van der Waals surface area contributed by atoms with Crippen molar-refractivity contribution in [2.24, 2.45) is 7.05 Å². The molecular formula is C25H28FN7O. The van der Waals surface area contributed by atoms with Crippen molar-refractivity contribution >= 4 is 33.8 Å². The predicted molar refractivity (Wildman–Crippen MR) is 130 cm³/mol. The molecule has 0 radical (unpaired) electrons. The number of nitrogens with zero attached hydrogens (tertiary/aromatic N) is 5. The van der Waals surface area contributed by atoms with Gasteiger partial charge in [0.15, 0.2) is 11.5 Å². The van der Waals surface area contributed by atoms with Crippen molar-refractivity contribution in [3.8, 4) is 0 Å². The number of amides is 1. The van der Waals surface area contributed by atoms with Crippen molar-refractivity contribution in [1.82, 2.24) is 24.5 Å². The van der Waals surface area contributed by atoms with Crippen LogP contribution >= 0.6 is 0 Å². The number of carbonyl (C=O) groups is 1. The van der Waals surface area contributed by atoms with E-state index in [1.807, 2.05) is 25.4 Å². The molecule has 8 nitrogen and oxygen atoms in total. The second-order valence-corrected chi connectivity index (χ2v) is 9.57. The zero-order chi connectivity index (χ0) is 23.4. The minimum absolute atomic E-state index is 0.239. The first-order valence-electron chi connectivity index (χ1n) is 11.9. The summed E-state index contributed by atoms with van der Waals surface area (Å²) >= 11 is 0. The van der Waals surface area contributed by atoms with E-state index in [-0.39, 0.29) is 11.6 Å². The molecular weight excluding hydrogens is 433 g/mol. The molecule has 1 aliphatic carbocycles. The van der Waals surface area contributed by atoms with Crippen molar-refractivity contribution in [1.29, 1.82) is 0 Å². The molecule has 1 aromatic carbocycles. The Labute approximate surface area is 196 Å². The normalized spacial score (nSPS) is 18.7. The standard InChI is InChI=1S/C25H28FN7O/c1-15-11-33-13-18(10-21(26)24(33)27-15)29-25(34)19-6-7-22(20-14-31(2)30-23(19)20)32-9-8-17(12-32)28-16-4-3-5-16/h6-7,10-11,13-14,16-17,28H,3-5,8-9,12H2,1-2H3,(H,29,34)/t17-/m0/s1. The number of fused-ring (bicyclic) bond motifs is 2. The lowest BCUT2D eigenvalue weighted by Gasteiger charge is -2.30. The van der Waals surface area contributed by atoms with E-state index in [4.69, 9.17) is 0 Å². The highest BCUT2D eigenvalue weighted by Gasteiger charge is 2.29. The number of carbonyl (C=O) groups excluding carboxylic acids is 1. The summed E-state index contributed by atoms with van der Waals surface area (Å²) in [6, 6.07) is 6.29. The van der Waals surface area contributed by atoms with Crippen LogP contribution < -0.4 is 15.5 Å². The lowest BCUT2D eigenvalue weighted by molar-refractivity contribution is 0.102. The predicted octanol–water partition coefficient (Wildman–Crippen LogP) is 3.64. The van der Waals surface area contributed by atoms with Gasteiger partial charge in [0, 0.05) is 68.0 Å². The van der Waals surface area contributed by atoms with Crippen LogP contribution in [0, 0.1) is 12.7 Å². The molecule has 1 atom stereocenters. The minimum atomic E-state index is -0.483. The van der Waals surface area contributed by atoms with E-state index >= 15 is 0 Å². The SMILES string of the molecule is Cc1cn2cc(NC(=O)c3ccc(N4CC[C@H](NC5CCC5)C4)c4cn(C)nc34)cc(F)c2n1. The quantitative estimate of drug-likeness (QED) is 0.474. The topological polar surface area (TPSA) is 79.5 Å². The maximum atomic E-state index is 14.5. The summed E-state index contributed by atoms with van der Waals surface area (Å²) in [6.07, 6.45) is 10.4. The molecule has 6 rings (SSSR count). The first kappa shape index (κ1) is 21.1. The van der Waals surface area contributed by atoms with Crippen LogP contribution in [0.2, 0.25) is 0 Å². The number of benzene rings is 1. The molecule has 2 fully saturated rings. The highest BCUT2D eigenvalue weighted by Crippen LogP contribution is 2.32. The lowest BCUT2D eigenvalue weighted by Crippen LogP contribution is -2.43. The summed E-state index contributed by atoms with van der Waals surface area (Å²) in [4.78, 5) is 19.8. The fraction of sp³-hybridized carbons (Fsp3) is 0.400. The fourth-order valence-corrected chi connectivity index (χ4v) is 5.13. The molecule has 3 aromatic heterocycles. The van der Waals surface area contributed by atoms with E-state index in [9.17, 15) is 9.18 Å². The number of rotatable bonds is 5. The first-order chi connectivity index (χ1) is 16.4. The van der Waals surface area contributed by atoms with Crippen molar-refractivity contribution in [3.05, 3.63) is 53.9 Å². The number of nitrogens with one attached hydrogen (secondary N) is 2. The molecule has 0 unspecified atom stereocenters. The number of pyridine rings is 1. The number of anilines is 2. The molecule has 34 heavy (non-hydrogen) atoms. The van der Waals surface area contributed by atoms with E-state index in [0.717, 1.165) is 30.6 Å². The second kappa shape index (κ2) is 8.09. The van der Waals surface area contributed by atoms with Crippen molar-refractivity contribution < 1.29 is 9.18 Å². The number of aryl methyl sites for hydroxylation is 2. The fourth-order valence-electron chi connectivity index (χ4n) is 5.13. The number of aromatic nitrogens is 4. The van der Waals surface area contributed by atoms with Gasteiger partial charge in [0.25, 0.3) is 5.91 Å². The smallest absolute Gasteiger partial charge is 0.257 e. The minimum Gasteiger partial charge on any atom is -0.369 e. The summed E-state index contributed by atoms with van der Waals surface area (Å²) < 4.78 is 17.8. The van der Waals surface area contributed by atoms with E-state index in [1.54, 1.807) is 28.4 Å². The average Bonchev–Trinajstić information content (AvgIpc) is 3.47. The molecule has 1 saturated carbocycles. The van der Waals surface area contributed by atoms with Gasteiger partial charge in [-0.15, -0.1) is 0 Å². The van der Waals surface area contributed by atoms with Gasteiger partial charge in [-0.25, -0.2) is 9.37 Å². The lowest BCUT2D eigenvalue weighted by atomic mass is 9.92. The van der Waals surface area contributed by atoms with Crippen LogP contribution in [0.1, 0.15) is 41.7 Å². The monoisotopic (exact) mass is 461 g/mol. The number of hydrogen-bond donors (Lipinski definition) is 2. The third-order valence-electron chi connectivity index (χ3n) is 7.00. The molecule has 1 amide bonds. The van der Waals surface area contributed by atoms with Crippen molar-refractivity contribution in [2.45, 2.75) is 44.7 Å². The summed E-state index contributed by atoms with van der Waals surface area (Å²) in [5.74, 6) is -0.805. The zero-order valence-corrected chi connectivity index (χ0v) is 19.4. The molecule has 176 valence electrons. The van der Waals surface area contributed by atoms with Gasteiger partial charge in [-0.2, -0.15) is 5.10 Å². The Morgan fingerprint density at radius 3 is 2.79 bits per heavy atom. The van der Waals surface area contributed by atoms with Gasteiger partial charge in [-0.05, 0) is 38.3 Å². The van der Waals surface area contributed by atoms with Gasteiger partial charge in [0.05, 0.1) is 16.9 Å². The molecule has 0 spiro atoms. The van der Waals surface area contributed by atoms with E-state index in [1.165, 1.54) is 25.3 Å². The summed E-state index contributed by atoms with van der Waals surface area (Å²) in [5.41, 5.74) is 3.52. The van der Waals surface area contributed by atoms with Gasteiger partial charge in [-0.3, -0.25) is 9.48 Å². The largest absolute Gasteiger partial charge is 0.369 e. The maximum absolute atomic E-state index is 14.5. The Kier molecular flexibility index (Phi) is 5.02. The number of halogens is 1. The highest BCUT2D eigenvalue weighted by atomic mass is 19.1. The van der Waals surface area contributed by atoms with Crippen LogP contribution in [0.15, 0.2) is 36.8 Å². The van der Waals surface area contributed by atoms with Gasteiger partial charge < -0.3 is 19.9 Å². The van der Waals surface area contributed by atoms with Crippen LogP contribution in [-0.2, 0) is 7.05 Å². The van der Waals surface area contributed by atoms with Crippen LogP contribution in [0.25, 0.3) is 16.6 Å². The van der Waals surface area contributed by atoms with Gasteiger partial charge in [-0.1, -0.05) is 6.42 Å². The molecule has 1 saturated heterocycles. The van der Waals surface area contributed by atoms with Crippen LogP contribution in [0.3, 0.4) is 0 Å². The first-order valence-corrected chi connectivity index (χ1v) is 11.9. The molecule has 2 aliphatic rings. The third-order valence-corrected chi connectivity index (χ3v) is 7.00. The summed E-state index contributed by atoms with van der Waals surface area (Å²) in [7, 11) is 1.86. The maximum Gasteiger partial charge on any atom is 0.257 e. The second-order valence-electron chi connectivity index (χ2n) is 9.57. The molecule has 1 aliphatic heterocycles. The van der Waals surface area contributed by atoms with Crippen LogP contribution in [-0.4, -0.2) is 50.2 Å². The van der Waals surface area contributed by atoms with Gasteiger partial charge >= 0.3 is 0 Å². The van der Waals surface area contributed by atoms with Gasteiger partial charge in [0.2, 0.25) is 0 Å². The van der Waals surface area contributed by atoms with Crippen LogP contribution in [0.4, 0.5) is 15.8 Å². The zero-order valence-electron chi connectivity index (χ0n) is 19.4. The molecule has 0 bridgehead atoms. The van der Waals surface area contributed by atoms with Crippen molar-refractivity contribution in [3.63, 3.8) is 0 Å². The molecule has 4 heterocycles. The Balaban J connectivity index is 1.27. The van der Waals surface area contributed by atoms with E-state index in [0.29, 0.717) is 34.5 Å². The molecule has 4 aromatic rings.